The van der Waals surface area contributed by atoms with Crippen molar-refractivity contribution in [3.8, 4) is 28.5 Å². The van der Waals surface area contributed by atoms with Crippen LogP contribution in [-0.4, -0.2) is 42.5 Å². The van der Waals surface area contributed by atoms with Crippen molar-refractivity contribution in [2.75, 3.05) is 14.2 Å². The minimum absolute atomic E-state index is 0.166. The Morgan fingerprint density at radius 1 is 1.06 bits per heavy atom. The molecule has 0 atom stereocenters. The molecular weight excluding hydrogens is 400 g/mol. The second kappa shape index (κ2) is 9.57. The van der Waals surface area contributed by atoms with Crippen molar-refractivity contribution in [1.29, 1.82) is 0 Å². The third kappa shape index (κ3) is 5.27. The summed E-state index contributed by atoms with van der Waals surface area (Å²) in [4.78, 5) is 23.7. The standard InChI is InChI=1S/C22H22N4O5/c1-13-5-7-16(8-6-13)17-11-18(25-24-17)22(28)26-23-12-15-9-19(29-3)21(31-14(2)27)20(10-15)30-4/h5-12H,1-4H3,(H,24,25)(H,26,28)/b23-12-. The number of aryl methyl sites for hydroxylation is 1. The Balaban J connectivity index is 1.72. The van der Waals surface area contributed by atoms with Crippen molar-refractivity contribution in [3.63, 3.8) is 0 Å². The van der Waals surface area contributed by atoms with Crippen LogP contribution < -0.4 is 19.6 Å². The molecule has 31 heavy (non-hydrogen) atoms. The van der Waals surface area contributed by atoms with Crippen LogP contribution in [0.15, 0.2) is 47.6 Å². The third-order valence-electron chi connectivity index (χ3n) is 4.28. The molecule has 1 aromatic heterocycles. The molecule has 0 aliphatic heterocycles. The van der Waals surface area contributed by atoms with Crippen LogP contribution in [0.25, 0.3) is 11.3 Å². The summed E-state index contributed by atoms with van der Waals surface area (Å²) < 4.78 is 15.7. The van der Waals surface area contributed by atoms with Crippen LogP contribution in [0.5, 0.6) is 17.2 Å². The van der Waals surface area contributed by atoms with Gasteiger partial charge < -0.3 is 14.2 Å². The minimum Gasteiger partial charge on any atom is -0.493 e. The zero-order valence-corrected chi connectivity index (χ0v) is 17.6. The lowest BCUT2D eigenvalue weighted by molar-refractivity contribution is -0.132. The summed E-state index contributed by atoms with van der Waals surface area (Å²) >= 11 is 0. The number of ether oxygens (including phenoxy) is 3. The van der Waals surface area contributed by atoms with Crippen molar-refractivity contribution in [3.05, 3.63) is 59.3 Å². The number of methoxy groups -OCH3 is 2. The first-order valence-electron chi connectivity index (χ1n) is 9.31. The fourth-order valence-corrected chi connectivity index (χ4v) is 2.75. The molecule has 0 bridgehead atoms. The maximum atomic E-state index is 12.4. The molecular formula is C22H22N4O5. The highest BCUT2D eigenvalue weighted by Gasteiger charge is 2.16. The van der Waals surface area contributed by atoms with E-state index in [1.54, 1.807) is 18.2 Å². The normalized spacial score (nSPS) is 10.7. The third-order valence-corrected chi connectivity index (χ3v) is 4.28. The lowest BCUT2D eigenvalue weighted by Gasteiger charge is -2.13. The summed E-state index contributed by atoms with van der Waals surface area (Å²) in [6.45, 7) is 3.28. The number of H-pyrrole nitrogens is 1. The molecule has 160 valence electrons. The number of benzene rings is 2. The number of hydrogen-bond acceptors (Lipinski definition) is 7. The van der Waals surface area contributed by atoms with Gasteiger partial charge in [0.05, 0.1) is 26.1 Å². The van der Waals surface area contributed by atoms with Gasteiger partial charge in [-0.3, -0.25) is 14.7 Å². The first-order valence-corrected chi connectivity index (χ1v) is 9.31. The minimum atomic E-state index is -0.505. The quantitative estimate of drug-likeness (QED) is 0.262. The molecule has 0 aliphatic rings. The molecule has 0 fully saturated rings. The highest BCUT2D eigenvalue weighted by molar-refractivity contribution is 5.94. The first-order chi connectivity index (χ1) is 14.9. The van der Waals surface area contributed by atoms with Crippen LogP contribution in [0, 0.1) is 6.92 Å². The molecule has 3 aromatic rings. The predicted molar refractivity (Wildman–Crippen MR) is 115 cm³/mol. The molecule has 0 saturated heterocycles. The van der Waals surface area contributed by atoms with Crippen LogP contribution >= 0.6 is 0 Å². The number of aromatic amines is 1. The highest BCUT2D eigenvalue weighted by atomic mass is 16.6. The molecule has 0 unspecified atom stereocenters. The van der Waals surface area contributed by atoms with E-state index >= 15 is 0 Å². The van der Waals surface area contributed by atoms with Crippen LogP contribution in [0.2, 0.25) is 0 Å². The SMILES string of the molecule is COc1cc(/C=N\NC(=O)c2cc(-c3ccc(C)cc3)n[nH]2)cc(OC)c1OC(C)=O. The molecule has 1 amide bonds. The van der Waals surface area contributed by atoms with Crippen molar-refractivity contribution in [2.45, 2.75) is 13.8 Å². The van der Waals surface area contributed by atoms with Gasteiger partial charge in [0.15, 0.2) is 11.5 Å². The Morgan fingerprint density at radius 2 is 1.71 bits per heavy atom. The summed E-state index contributed by atoms with van der Waals surface area (Å²) in [7, 11) is 2.88. The highest BCUT2D eigenvalue weighted by Crippen LogP contribution is 2.38. The van der Waals surface area contributed by atoms with Crippen LogP contribution in [0.4, 0.5) is 0 Å². The number of aromatic nitrogens is 2. The number of nitrogens with zero attached hydrogens (tertiary/aromatic N) is 2. The van der Waals surface area contributed by atoms with E-state index in [2.05, 4.69) is 20.7 Å². The van der Waals surface area contributed by atoms with Crippen LogP contribution in [0.3, 0.4) is 0 Å². The van der Waals surface area contributed by atoms with E-state index in [-0.39, 0.29) is 11.4 Å². The smallest absolute Gasteiger partial charge is 0.308 e. The fraction of sp³-hybridized carbons (Fsp3) is 0.182. The number of hydrogen-bond donors (Lipinski definition) is 2. The first kappa shape index (κ1) is 21.6. The zero-order valence-electron chi connectivity index (χ0n) is 17.6. The summed E-state index contributed by atoms with van der Waals surface area (Å²) in [5.41, 5.74) is 5.97. The van der Waals surface area contributed by atoms with Crippen molar-refractivity contribution in [2.24, 2.45) is 5.10 Å². The number of carbonyl (C=O) groups is 2. The van der Waals surface area contributed by atoms with E-state index in [9.17, 15) is 9.59 Å². The van der Waals surface area contributed by atoms with Gasteiger partial charge in [0, 0.05) is 18.1 Å². The van der Waals surface area contributed by atoms with Crippen molar-refractivity contribution < 1.29 is 23.8 Å². The van der Waals surface area contributed by atoms with E-state index in [1.807, 2.05) is 31.2 Å². The average molecular weight is 422 g/mol. The summed E-state index contributed by atoms with van der Waals surface area (Å²) in [6.07, 6.45) is 1.41. The molecule has 0 aliphatic carbocycles. The van der Waals surface area contributed by atoms with E-state index in [0.29, 0.717) is 22.8 Å². The molecule has 9 nitrogen and oxygen atoms in total. The number of rotatable bonds is 7. The topological polar surface area (TPSA) is 115 Å². The molecule has 9 heteroatoms. The number of nitrogens with one attached hydrogen (secondary N) is 2. The molecule has 1 heterocycles. The fourth-order valence-electron chi connectivity index (χ4n) is 2.75. The van der Waals surface area contributed by atoms with Gasteiger partial charge in [-0.05, 0) is 25.1 Å². The number of esters is 1. The molecule has 3 rings (SSSR count). The molecule has 0 saturated carbocycles. The van der Waals surface area contributed by atoms with Crippen molar-refractivity contribution in [1.82, 2.24) is 15.6 Å². The summed E-state index contributed by atoms with van der Waals surface area (Å²) in [6, 6.07) is 12.7. The van der Waals surface area contributed by atoms with E-state index in [1.165, 1.54) is 27.4 Å². The van der Waals surface area contributed by atoms with E-state index in [4.69, 9.17) is 14.2 Å². The Bertz CT molecular complexity index is 1090. The zero-order chi connectivity index (χ0) is 22.4. The largest absolute Gasteiger partial charge is 0.493 e. The lowest BCUT2D eigenvalue weighted by atomic mass is 10.1. The van der Waals surface area contributed by atoms with E-state index in [0.717, 1.165) is 11.1 Å². The van der Waals surface area contributed by atoms with Crippen LogP contribution in [0.1, 0.15) is 28.5 Å². The molecule has 0 spiro atoms. The second-order valence-corrected chi connectivity index (χ2v) is 6.58. The molecule has 2 aromatic carbocycles. The van der Waals surface area contributed by atoms with Gasteiger partial charge in [0.25, 0.3) is 5.91 Å². The molecule has 2 N–H and O–H groups in total. The maximum absolute atomic E-state index is 12.4. The monoisotopic (exact) mass is 422 g/mol. The van der Waals surface area contributed by atoms with Gasteiger partial charge >= 0.3 is 5.97 Å². The van der Waals surface area contributed by atoms with Gasteiger partial charge in [-0.15, -0.1) is 0 Å². The van der Waals surface area contributed by atoms with Crippen LogP contribution in [-0.2, 0) is 4.79 Å². The maximum Gasteiger partial charge on any atom is 0.308 e. The Kier molecular flexibility index (Phi) is 6.66. The van der Waals surface area contributed by atoms with Gasteiger partial charge in [-0.1, -0.05) is 29.8 Å². The van der Waals surface area contributed by atoms with Gasteiger partial charge in [0.2, 0.25) is 5.75 Å². The number of amides is 1. The van der Waals surface area contributed by atoms with Gasteiger partial charge in [-0.25, -0.2) is 5.43 Å². The molecule has 0 radical (unpaired) electrons. The van der Waals surface area contributed by atoms with Crippen molar-refractivity contribution >= 4 is 18.1 Å². The number of hydrazone groups is 1. The van der Waals surface area contributed by atoms with Gasteiger partial charge in [-0.2, -0.15) is 10.2 Å². The second-order valence-electron chi connectivity index (χ2n) is 6.58. The predicted octanol–water partition coefficient (Wildman–Crippen LogP) is 3.09. The van der Waals surface area contributed by atoms with Gasteiger partial charge in [0.1, 0.15) is 5.69 Å². The Morgan fingerprint density at radius 3 is 2.29 bits per heavy atom. The summed E-state index contributed by atoms with van der Waals surface area (Å²) in [5.74, 6) is -0.204. The summed E-state index contributed by atoms with van der Waals surface area (Å²) in [5, 5.41) is 10.8. The average Bonchev–Trinajstić information content (AvgIpc) is 3.25. The lowest BCUT2D eigenvalue weighted by Crippen LogP contribution is -2.18. The Labute approximate surface area is 179 Å². The Hall–Kier alpha value is -4.14. The van der Waals surface area contributed by atoms with E-state index < -0.39 is 11.9 Å². The number of carbonyl (C=O) groups excluding carboxylic acids is 2.